The van der Waals surface area contributed by atoms with E-state index in [0.29, 0.717) is 24.0 Å². The number of anilines is 1. The lowest BCUT2D eigenvalue weighted by Gasteiger charge is -2.33. The third-order valence-corrected chi connectivity index (χ3v) is 4.84. The number of benzene rings is 1. The molecule has 1 aliphatic heterocycles. The van der Waals surface area contributed by atoms with E-state index in [1.54, 1.807) is 6.07 Å². The van der Waals surface area contributed by atoms with Crippen LogP contribution in [0.3, 0.4) is 0 Å². The maximum absolute atomic E-state index is 12.8. The molecule has 0 spiro atoms. The van der Waals surface area contributed by atoms with Gasteiger partial charge in [0, 0.05) is 30.5 Å². The van der Waals surface area contributed by atoms with E-state index in [1.165, 1.54) is 5.56 Å². The lowest BCUT2D eigenvalue weighted by molar-refractivity contribution is 0.0708. The van der Waals surface area contributed by atoms with Gasteiger partial charge in [-0.25, -0.2) is 9.97 Å². The summed E-state index contributed by atoms with van der Waals surface area (Å²) < 4.78 is 0. The number of nitrogens with one attached hydrogen (secondary N) is 1. The SMILES string of the molecule is Cc1cc(C(=O)N2CCCC(Nc3ccc(C(C)C)cc3)C2)nc(C)n1. The minimum Gasteiger partial charge on any atom is -0.381 e. The molecule has 3 rings (SSSR count). The number of hydrogen-bond donors (Lipinski definition) is 1. The Balaban J connectivity index is 1.66. The number of aryl methyl sites for hydroxylation is 2. The Labute approximate surface area is 155 Å². The first-order chi connectivity index (χ1) is 12.4. The van der Waals surface area contributed by atoms with Crippen molar-refractivity contribution in [3.63, 3.8) is 0 Å². The number of carbonyl (C=O) groups is 1. The van der Waals surface area contributed by atoms with E-state index in [0.717, 1.165) is 30.8 Å². The summed E-state index contributed by atoms with van der Waals surface area (Å²) in [4.78, 5) is 23.3. The zero-order valence-corrected chi connectivity index (χ0v) is 16.1. The Bertz CT molecular complexity index is 750. The molecule has 1 atom stereocenters. The van der Waals surface area contributed by atoms with Gasteiger partial charge in [-0.2, -0.15) is 0 Å². The van der Waals surface area contributed by atoms with E-state index < -0.39 is 0 Å². The van der Waals surface area contributed by atoms with Crippen molar-refractivity contribution in [3.05, 3.63) is 53.1 Å². The number of carbonyl (C=O) groups excluding carboxylic acids is 1. The van der Waals surface area contributed by atoms with Crippen molar-refractivity contribution < 1.29 is 4.79 Å². The van der Waals surface area contributed by atoms with Crippen LogP contribution in [0.25, 0.3) is 0 Å². The smallest absolute Gasteiger partial charge is 0.272 e. The molecule has 1 aromatic heterocycles. The maximum atomic E-state index is 12.8. The molecule has 1 N–H and O–H groups in total. The molecule has 26 heavy (non-hydrogen) atoms. The van der Waals surface area contributed by atoms with E-state index in [9.17, 15) is 4.79 Å². The summed E-state index contributed by atoms with van der Waals surface area (Å²) in [6.07, 6.45) is 2.06. The number of amides is 1. The van der Waals surface area contributed by atoms with Gasteiger partial charge in [0.25, 0.3) is 5.91 Å². The Morgan fingerprint density at radius 2 is 1.92 bits per heavy atom. The molecule has 0 aliphatic carbocycles. The molecule has 5 nitrogen and oxygen atoms in total. The fourth-order valence-electron chi connectivity index (χ4n) is 3.47. The van der Waals surface area contributed by atoms with Gasteiger partial charge >= 0.3 is 0 Å². The van der Waals surface area contributed by atoms with Crippen molar-refractivity contribution >= 4 is 11.6 Å². The van der Waals surface area contributed by atoms with E-state index in [-0.39, 0.29) is 11.9 Å². The van der Waals surface area contributed by atoms with Gasteiger partial charge in [0.15, 0.2) is 0 Å². The van der Waals surface area contributed by atoms with Gasteiger partial charge in [-0.3, -0.25) is 4.79 Å². The van der Waals surface area contributed by atoms with E-state index in [2.05, 4.69) is 53.4 Å². The standard InChI is InChI=1S/C21H28N4O/c1-14(2)17-7-9-18(10-8-17)24-19-6-5-11-25(13-19)21(26)20-12-15(3)22-16(4)23-20/h7-10,12,14,19,24H,5-6,11,13H2,1-4H3. The van der Waals surface area contributed by atoms with Crippen molar-refractivity contribution in [2.45, 2.75) is 52.5 Å². The molecule has 1 amide bonds. The molecule has 0 saturated carbocycles. The second-order valence-electron chi connectivity index (χ2n) is 7.45. The quantitative estimate of drug-likeness (QED) is 0.906. The molecule has 1 fully saturated rings. The zero-order chi connectivity index (χ0) is 18.7. The van der Waals surface area contributed by atoms with Gasteiger partial charge in [-0.1, -0.05) is 26.0 Å². The molecule has 0 bridgehead atoms. The molecule has 1 saturated heterocycles. The van der Waals surface area contributed by atoms with Crippen molar-refractivity contribution in [2.24, 2.45) is 0 Å². The molecule has 1 aromatic carbocycles. The Morgan fingerprint density at radius 1 is 1.19 bits per heavy atom. The summed E-state index contributed by atoms with van der Waals surface area (Å²) in [6.45, 7) is 9.60. The molecule has 138 valence electrons. The minimum absolute atomic E-state index is 0.000237. The van der Waals surface area contributed by atoms with Gasteiger partial charge in [0.2, 0.25) is 0 Å². The predicted octanol–water partition coefficient (Wildman–Crippen LogP) is 3.93. The average molecular weight is 352 g/mol. The summed E-state index contributed by atoms with van der Waals surface area (Å²) in [5.41, 5.74) is 3.78. The van der Waals surface area contributed by atoms with Crippen molar-refractivity contribution in [2.75, 3.05) is 18.4 Å². The summed E-state index contributed by atoms with van der Waals surface area (Å²) in [5, 5.41) is 3.58. The minimum atomic E-state index is 0.000237. The van der Waals surface area contributed by atoms with E-state index in [4.69, 9.17) is 0 Å². The highest BCUT2D eigenvalue weighted by Crippen LogP contribution is 2.21. The van der Waals surface area contributed by atoms with Gasteiger partial charge in [0.05, 0.1) is 0 Å². The fraction of sp³-hybridized carbons (Fsp3) is 0.476. The van der Waals surface area contributed by atoms with Crippen LogP contribution in [-0.4, -0.2) is 39.9 Å². The van der Waals surface area contributed by atoms with Gasteiger partial charge in [-0.15, -0.1) is 0 Å². The highest BCUT2D eigenvalue weighted by atomic mass is 16.2. The second kappa shape index (κ2) is 7.85. The van der Waals surface area contributed by atoms with Crippen molar-refractivity contribution in [1.82, 2.24) is 14.9 Å². The topological polar surface area (TPSA) is 58.1 Å². The Hall–Kier alpha value is -2.43. The number of aromatic nitrogens is 2. The summed E-state index contributed by atoms with van der Waals surface area (Å²) >= 11 is 0. The number of nitrogens with zero attached hydrogens (tertiary/aromatic N) is 3. The van der Waals surface area contributed by atoms with Crippen LogP contribution in [0.1, 0.15) is 60.2 Å². The molecule has 2 heterocycles. The van der Waals surface area contributed by atoms with Crippen LogP contribution in [0.2, 0.25) is 0 Å². The summed E-state index contributed by atoms with van der Waals surface area (Å²) in [7, 11) is 0. The lowest BCUT2D eigenvalue weighted by Crippen LogP contribution is -2.45. The first-order valence-electron chi connectivity index (χ1n) is 9.40. The highest BCUT2D eigenvalue weighted by molar-refractivity contribution is 5.92. The summed E-state index contributed by atoms with van der Waals surface area (Å²) in [6, 6.07) is 10.6. The molecule has 5 heteroatoms. The van der Waals surface area contributed by atoms with Crippen molar-refractivity contribution in [1.29, 1.82) is 0 Å². The van der Waals surface area contributed by atoms with E-state index in [1.807, 2.05) is 18.7 Å². The van der Waals surface area contributed by atoms with Crippen LogP contribution >= 0.6 is 0 Å². The van der Waals surface area contributed by atoms with Crippen LogP contribution in [0.5, 0.6) is 0 Å². The zero-order valence-electron chi connectivity index (χ0n) is 16.1. The van der Waals surface area contributed by atoms with Crippen LogP contribution in [0.15, 0.2) is 30.3 Å². The molecular weight excluding hydrogens is 324 g/mol. The van der Waals surface area contributed by atoms with Crippen LogP contribution in [0.4, 0.5) is 5.69 Å². The van der Waals surface area contributed by atoms with Crippen molar-refractivity contribution in [3.8, 4) is 0 Å². The monoisotopic (exact) mass is 352 g/mol. The number of piperidine rings is 1. The summed E-state index contributed by atoms with van der Waals surface area (Å²) in [5.74, 6) is 1.18. The fourth-order valence-corrected chi connectivity index (χ4v) is 3.47. The second-order valence-corrected chi connectivity index (χ2v) is 7.45. The normalized spacial score (nSPS) is 17.4. The van der Waals surface area contributed by atoms with Gasteiger partial charge in [-0.05, 0) is 56.4 Å². The average Bonchev–Trinajstić information content (AvgIpc) is 2.61. The molecule has 0 radical (unpaired) electrons. The van der Waals surface area contributed by atoms with Crippen LogP contribution < -0.4 is 5.32 Å². The lowest BCUT2D eigenvalue weighted by atomic mass is 10.0. The Kier molecular flexibility index (Phi) is 5.55. The number of rotatable bonds is 4. The van der Waals surface area contributed by atoms with Gasteiger partial charge < -0.3 is 10.2 Å². The third kappa shape index (κ3) is 4.40. The number of likely N-dealkylation sites (tertiary alicyclic amines) is 1. The van der Waals surface area contributed by atoms with Gasteiger partial charge in [0.1, 0.15) is 11.5 Å². The molecule has 2 aromatic rings. The first-order valence-corrected chi connectivity index (χ1v) is 9.40. The van der Waals surface area contributed by atoms with Crippen LogP contribution in [-0.2, 0) is 0 Å². The maximum Gasteiger partial charge on any atom is 0.272 e. The van der Waals surface area contributed by atoms with Crippen LogP contribution in [0, 0.1) is 13.8 Å². The third-order valence-electron chi connectivity index (χ3n) is 4.84. The number of hydrogen-bond acceptors (Lipinski definition) is 4. The first kappa shape index (κ1) is 18.4. The van der Waals surface area contributed by atoms with E-state index >= 15 is 0 Å². The molecule has 1 unspecified atom stereocenters. The molecular formula is C21H28N4O. The Morgan fingerprint density at radius 3 is 2.58 bits per heavy atom. The highest BCUT2D eigenvalue weighted by Gasteiger charge is 2.25. The predicted molar refractivity (Wildman–Crippen MR) is 105 cm³/mol. The largest absolute Gasteiger partial charge is 0.381 e. The molecule has 1 aliphatic rings.